The summed E-state index contributed by atoms with van der Waals surface area (Å²) < 4.78 is 15.6. The zero-order chi connectivity index (χ0) is 23.2. The van der Waals surface area contributed by atoms with Crippen LogP contribution in [0.3, 0.4) is 0 Å². The van der Waals surface area contributed by atoms with Crippen LogP contribution in [-0.4, -0.2) is 21.5 Å². The van der Waals surface area contributed by atoms with E-state index in [0.717, 1.165) is 39.2 Å². The van der Waals surface area contributed by atoms with Gasteiger partial charge in [0.15, 0.2) is 5.11 Å². The van der Waals surface area contributed by atoms with E-state index in [-0.39, 0.29) is 21.4 Å². The van der Waals surface area contributed by atoms with Gasteiger partial charge in [0.25, 0.3) is 11.8 Å². The lowest BCUT2D eigenvalue weighted by Gasteiger charge is -2.29. The van der Waals surface area contributed by atoms with Crippen LogP contribution >= 0.6 is 23.8 Å². The van der Waals surface area contributed by atoms with Crippen LogP contribution in [0, 0.1) is 26.6 Å². The predicted molar refractivity (Wildman–Crippen MR) is 128 cm³/mol. The first-order valence-electron chi connectivity index (χ1n) is 9.80. The zero-order valence-electron chi connectivity index (χ0n) is 17.6. The van der Waals surface area contributed by atoms with Crippen LogP contribution in [0.5, 0.6) is 0 Å². The van der Waals surface area contributed by atoms with Crippen LogP contribution in [0.25, 0.3) is 11.8 Å². The number of nitrogens with one attached hydrogen (secondary N) is 1. The summed E-state index contributed by atoms with van der Waals surface area (Å²) in [6.45, 7) is 5.90. The Hall–Kier alpha value is -3.29. The Morgan fingerprint density at radius 3 is 2.31 bits per heavy atom. The molecule has 1 saturated heterocycles. The van der Waals surface area contributed by atoms with Crippen LogP contribution in [-0.2, 0) is 9.59 Å². The smallest absolute Gasteiger partial charge is 0.270 e. The highest BCUT2D eigenvalue weighted by atomic mass is 35.5. The van der Waals surface area contributed by atoms with Gasteiger partial charge in [0, 0.05) is 17.1 Å². The number of thiocarbonyl (C=S) groups is 1. The average molecular weight is 468 g/mol. The van der Waals surface area contributed by atoms with Gasteiger partial charge in [-0.1, -0.05) is 29.3 Å². The first kappa shape index (κ1) is 21.9. The number of aromatic nitrogens is 1. The molecule has 8 heteroatoms. The number of aryl methyl sites for hydroxylation is 2. The highest BCUT2D eigenvalue weighted by molar-refractivity contribution is 7.80. The third kappa shape index (κ3) is 3.85. The molecule has 0 saturated carbocycles. The molecule has 0 spiro atoms. The number of hydrogen-bond donors (Lipinski definition) is 1. The molecular formula is C24H19ClFN3O2S. The number of nitrogens with zero attached hydrogens (tertiary/aromatic N) is 2. The highest BCUT2D eigenvalue weighted by Gasteiger charge is 2.35. The molecule has 0 radical (unpaired) electrons. The minimum Gasteiger partial charge on any atom is -0.318 e. The van der Waals surface area contributed by atoms with E-state index in [9.17, 15) is 14.0 Å². The van der Waals surface area contributed by atoms with Crippen molar-refractivity contribution in [3.05, 3.63) is 87.5 Å². The van der Waals surface area contributed by atoms with Gasteiger partial charge in [-0.25, -0.2) is 4.39 Å². The molecule has 0 atom stereocenters. The van der Waals surface area contributed by atoms with E-state index < -0.39 is 17.6 Å². The van der Waals surface area contributed by atoms with Gasteiger partial charge in [-0.2, -0.15) is 0 Å². The van der Waals surface area contributed by atoms with Gasteiger partial charge < -0.3 is 4.57 Å². The van der Waals surface area contributed by atoms with E-state index in [1.807, 2.05) is 51.1 Å². The minimum absolute atomic E-state index is 0.0804. The Balaban J connectivity index is 1.76. The number of anilines is 1. The molecule has 2 amide bonds. The summed E-state index contributed by atoms with van der Waals surface area (Å²) in [5, 5.41) is 2.28. The second-order valence-electron chi connectivity index (χ2n) is 7.55. The topological polar surface area (TPSA) is 54.3 Å². The van der Waals surface area contributed by atoms with E-state index >= 15 is 0 Å². The van der Waals surface area contributed by atoms with Crippen molar-refractivity contribution in [1.29, 1.82) is 0 Å². The fraction of sp³-hybridized carbons (Fsp3) is 0.125. The van der Waals surface area contributed by atoms with E-state index in [0.29, 0.717) is 0 Å². The summed E-state index contributed by atoms with van der Waals surface area (Å²) in [5.41, 5.74) is 4.89. The molecule has 1 aliphatic rings. The molecule has 1 aromatic heterocycles. The minimum atomic E-state index is -0.617. The van der Waals surface area contributed by atoms with Crippen molar-refractivity contribution in [1.82, 2.24) is 9.88 Å². The molecule has 2 heterocycles. The maximum atomic E-state index is 13.6. The third-order valence-corrected chi connectivity index (χ3v) is 5.90. The predicted octanol–water partition coefficient (Wildman–Crippen LogP) is 5.03. The fourth-order valence-electron chi connectivity index (χ4n) is 3.70. The molecule has 1 aliphatic heterocycles. The molecule has 1 fully saturated rings. The molecule has 2 aromatic carbocycles. The molecule has 32 heavy (non-hydrogen) atoms. The van der Waals surface area contributed by atoms with Gasteiger partial charge in [-0.3, -0.25) is 19.8 Å². The molecule has 0 bridgehead atoms. The second kappa shape index (κ2) is 8.33. The number of hydrogen-bond acceptors (Lipinski definition) is 3. The number of amides is 2. The standard InChI is InChI=1S/C24H19ClFN3O2S/c1-13-4-6-17(7-5-13)28-14(2)10-16(15(28)3)11-19-22(30)27-24(32)29(23(19)31)18-8-9-21(26)20(25)12-18/h4-12H,1-3H3,(H,27,30,32)/b19-11-. The second-order valence-corrected chi connectivity index (χ2v) is 8.35. The zero-order valence-corrected chi connectivity index (χ0v) is 19.1. The number of carbonyl (C=O) groups is 2. The van der Waals surface area contributed by atoms with E-state index in [4.69, 9.17) is 23.8 Å². The van der Waals surface area contributed by atoms with Crippen LogP contribution < -0.4 is 10.2 Å². The number of halogens is 2. The van der Waals surface area contributed by atoms with Crippen molar-refractivity contribution in [3.8, 4) is 5.69 Å². The van der Waals surface area contributed by atoms with Crippen molar-refractivity contribution in [2.24, 2.45) is 0 Å². The van der Waals surface area contributed by atoms with Gasteiger partial charge >= 0.3 is 0 Å². The Bertz CT molecular complexity index is 1310. The summed E-state index contributed by atoms with van der Waals surface area (Å²) in [7, 11) is 0. The van der Waals surface area contributed by atoms with Crippen molar-refractivity contribution in [3.63, 3.8) is 0 Å². The number of rotatable bonds is 3. The van der Waals surface area contributed by atoms with Crippen LogP contribution in [0.15, 0.2) is 54.1 Å². The molecule has 162 valence electrons. The molecule has 5 nitrogen and oxygen atoms in total. The monoisotopic (exact) mass is 467 g/mol. The molecule has 4 rings (SSSR count). The summed E-state index contributed by atoms with van der Waals surface area (Å²) in [6.07, 6.45) is 1.55. The molecular weight excluding hydrogens is 449 g/mol. The first-order valence-corrected chi connectivity index (χ1v) is 10.6. The lowest BCUT2D eigenvalue weighted by atomic mass is 10.1. The van der Waals surface area contributed by atoms with Gasteiger partial charge in [-0.15, -0.1) is 0 Å². The Labute approximate surface area is 195 Å². The molecule has 0 unspecified atom stereocenters. The summed E-state index contributed by atoms with van der Waals surface area (Å²) in [6, 6.07) is 13.8. The summed E-state index contributed by atoms with van der Waals surface area (Å²) in [5.74, 6) is -1.82. The lowest BCUT2D eigenvalue weighted by molar-refractivity contribution is -0.122. The fourth-order valence-corrected chi connectivity index (χ4v) is 4.15. The number of carbonyl (C=O) groups excluding carboxylic acids is 2. The Morgan fingerprint density at radius 1 is 1.00 bits per heavy atom. The molecule has 3 aromatic rings. The highest BCUT2D eigenvalue weighted by Crippen LogP contribution is 2.28. The van der Waals surface area contributed by atoms with E-state index in [1.165, 1.54) is 12.1 Å². The Morgan fingerprint density at radius 2 is 1.66 bits per heavy atom. The molecule has 1 N–H and O–H groups in total. The average Bonchev–Trinajstić information content (AvgIpc) is 3.01. The van der Waals surface area contributed by atoms with Gasteiger partial charge in [0.2, 0.25) is 0 Å². The third-order valence-electron chi connectivity index (χ3n) is 5.33. The SMILES string of the molecule is Cc1ccc(-n2c(C)cc(/C=C3/C(=O)NC(=S)N(c4ccc(F)c(Cl)c4)C3=O)c2C)cc1. The van der Waals surface area contributed by atoms with E-state index in [2.05, 4.69) is 9.88 Å². The van der Waals surface area contributed by atoms with Crippen molar-refractivity contribution in [2.45, 2.75) is 20.8 Å². The quantitative estimate of drug-likeness (QED) is 0.334. The maximum Gasteiger partial charge on any atom is 0.270 e. The number of benzene rings is 2. The van der Waals surface area contributed by atoms with Crippen molar-refractivity contribution >= 4 is 52.5 Å². The summed E-state index contributed by atoms with van der Waals surface area (Å²) in [4.78, 5) is 27.0. The van der Waals surface area contributed by atoms with Crippen molar-refractivity contribution in [2.75, 3.05) is 4.90 Å². The first-order chi connectivity index (χ1) is 15.2. The van der Waals surface area contributed by atoms with Crippen LogP contribution in [0.2, 0.25) is 5.02 Å². The van der Waals surface area contributed by atoms with Crippen molar-refractivity contribution < 1.29 is 14.0 Å². The lowest BCUT2D eigenvalue weighted by Crippen LogP contribution is -2.54. The summed E-state index contributed by atoms with van der Waals surface area (Å²) >= 11 is 11.1. The van der Waals surface area contributed by atoms with Gasteiger partial charge in [0.1, 0.15) is 11.4 Å². The van der Waals surface area contributed by atoms with Crippen LogP contribution in [0.1, 0.15) is 22.5 Å². The van der Waals surface area contributed by atoms with Gasteiger partial charge in [-0.05, 0) is 81.0 Å². The maximum absolute atomic E-state index is 13.6. The Kier molecular flexibility index (Phi) is 5.71. The largest absolute Gasteiger partial charge is 0.318 e. The normalized spacial score (nSPS) is 15.5. The van der Waals surface area contributed by atoms with E-state index in [1.54, 1.807) is 6.08 Å². The van der Waals surface area contributed by atoms with Gasteiger partial charge in [0.05, 0.1) is 10.7 Å². The van der Waals surface area contributed by atoms with Crippen LogP contribution in [0.4, 0.5) is 10.1 Å². The molecule has 0 aliphatic carbocycles.